The molecule has 0 aliphatic carbocycles. The van der Waals surface area contributed by atoms with Crippen molar-refractivity contribution in [3.63, 3.8) is 0 Å². The smallest absolute Gasteiger partial charge is 0.254 e. The molecule has 6 heteroatoms. The first-order valence-electron chi connectivity index (χ1n) is 9.42. The molecular weight excluding hydrogens is 332 g/mol. The summed E-state index contributed by atoms with van der Waals surface area (Å²) in [6.45, 7) is 4.64. The molecule has 2 saturated heterocycles. The van der Waals surface area contributed by atoms with Crippen LogP contribution in [-0.4, -0.2) is 61.8 Å². The SMILES string of the molecule is CC1CN(C(=O)c2ccc3c(c2)CCC(=O)N3C)CC2(CCOCC2)O1. The molecule has 6 nitrogen and oxygen atoms in total. The normalized spacial score (nSPS) is 25.3. The lowest BCUT2D eigenvalue weighted by Crippen LogP contribution is -2.58. The van der Waals surface area contributed by atoms with Crippen molar-refractivity contribution in [1.29, 1.82) is 0 Å². The van der Waals surface area contributed by atoms with E-state index in [4.69, 9.17) is 9.47 Å². The van der Waals surface area contributed by atoms with Crippen molar-refractivity contribution in [2.45, 2.75) is 44.3 Å². The summed E-state index contributed by atoms with van der Waals surface area (Å²) in [5.41, 5.74) is 2.41. The van der Waals surface area contributed by atoms with E-state index < -0.39 is 0 Å². The number of rotatable bonds is 1. The van der Waals surface area contributed by atoms with Crippen LogP contribution in [0.25, 0.3) is 0 Å². The van der Waals surface area contributed by atoms with E-state index >= 15 is 0 Å². The second kappa shape index (κ2) is 6.67. The lowest BCUT2D eigenvalue weighted by molar-refractivity contribution is -0.176. The minimum absolute atomic E-state index is 0.0205. The highest BCUT2D eigenvalue weighted by atomic mass is 16.5. The van der Waals surface area contributed by atoms with E-state index in [1.807, 2.05) is 30.0 Å². The third-order valence-electron chi connectivity index (χ3n) is 5.77. The lowest BCUT2D eigenvalue weighted by atomic mass is 9.90. The number of hydrogen-bond acceptors (Lipinski definition) is 4. The summed E-state index contributed by atoms with van der Waals surface area (Å²) < 4.78 is 11.7. The highest BCUT2D eigenvalue weighted by Crippen LogP contribution is 2.33. The molecule has 0 radical (unpaired) electrons. The van der Waals surface area contributed by atoms with Crippen LogP contribution in [0.1, 0.15) is 42.1 Å². The van der Waals surface area contributed by atoms with Crippen molar-refractivity contribution in [3.05, 3.63) is 29.3 Å². The van der Waals surface area contributed by atoms with Gasteiger partial charge in [-0.25, -0.2) is 0 Å². The number of amides is 2. The van der Waals surface area contributed by atoms with Gasteiger partial charge in [-0.05, 0) is 37.1 Å². The van der Waals surface area contributed by atoms with E-state index in [1.165, 1.54) is 0 Å². The molecule has 140 valence electrons. The molecule has 1 aromatic rings. The van der Waals surface area contributed by atoms with E-state index in [0.29, 0.717) is 44.7 Å². The number of carbonyl (C=O) groups excluding carboxylic acids is 2. The zero-order valence-electron chi connectivity index (χ0n) is 15.5. The Morgan fingerprint density at radius 2 is 2.00 bits per heavy atom. The summed E-state index contributed by atoms with van der Waals surface area (Å²) in [5.74, 6) is 0.174. The van der Waals surface area contributed by atoms with Crippen LogP contribution in [0.15, 0.2) is 18.2 Å². The molecule has 1 atom stereocenters. The summed E-state index contributed by atoms with van der Waals surface area (Å²) in [4.78, 5) is 28.6. The van der Waals surface area contributed by atoms with E-state index in [2.05, 4.69) is 0 Å². The van der Waals surface area contributed by atoms with Crippen LogP contribution in [0.3, 0.4) is 0 Å². The van der Waals surface area contributed by atoms with Gasteiger partial charge in [0.25, 0.3) is 5.91 Å². The third kappa shape index (κ3) is 3.12. The molecule has 3 heterocycles. The number of aryl methyl sites for hydroxylation is 1. The van der Waals surface area contributed by atoms with Gasteiger partial charge in [0.15, 0.2) is 0 Å². The monoisotopic (exact) mass is 358 g/mol. The molecule has 0 saturated carbocycles. The minimum Gasteiger partial charge on any atom is -0.381 e. The summed E-state index contributed by atoms with van der Waals surface area (Å²) in [5, 5.41) is 0. The van der Waals surface area contributed by atoms with Gasteiger partial charge in [0.2, 0.25) is 5.91 Å². The van der Waals surface area contributed by atoms with Crippen molar-refractivity contribution < 1.29 is 19.1 Å². The van der Waals surface area contributed by atoms with Crippen LogP contribution in [-0.2, 0) is 20.7 Å². The quantitative estimate of drug-likeness (QED) is 0.771. The molecule has 3 aliphatic rings. The fourth-order valence-electron chi connectivity index (χ4n) is 4.37. The van der Waals surface area contributed by atoms with E-state index in [0.717, 1.165) is 24.1 Å². The van der Waals surface area contributed by atoms with Gasteiger partial charge in [-0.15, -0.1) is 0 Å². The number of ether oxygens (including phenoxy) is 2. The van der Waals surface area contributed by atoms with E-state index in [9.17, 15) is 9.59 Å². The van der Waals surface area contributed by atoms with Crippen molar-refractivity contribution in [3.8, 4) is 0 Å². The Hall–Kier alpha value is -1.92. The minimum atomic E-state index is -0.271. The Balaban J connectivity index is 1.56. The average Bonchev–Trinajstić information content (AvgIpc) is 2.64. The Morgan fingerprint density at radius 1 is 1.23 bits per heavy atom. The van der Waals surface area contributed by atoms with E-state index in [-0.39, 0.29) is 23.5 Å². The maximum Gasteiger partial charge on any atom is 0.254 e. The molecule has 26 heavy (non-hydrogen) atoms. The molecule has 1 unspecified atom stereocenters. The largest absolute Gasteiger partial charge is 0.381 e. The van der Waals surface area contributed by atoms with Crippen LogP contribution in [0.4, 0.5) is 5.69 Å². The topological polar surface area (TPSA) is 59.1 Å². The Labute approximate surface area is 154 Å². The van der Waals surface area contributed by atoms with Crippen LogP contribution in [0, 0.1) is 0 Å². The number of anilines is 1. The zero-order chi connectivity index (χ0) is 18.3. The molecule has 0 N–H and O–H groups in total. The molecule has 0 aromatic heterocycles. The summed E-state index contributed by atoms with van der Waals surface area (Å²) in [6.07, 6.45) is 2.88. The molecule has 1 aromatic carbocycles. The van der Waals surface area contributed by atoms with Gasteiger partial charge in [0, 0.05) is 57.3 Å². The maximum absolute atomic E-state index is 13.2. The van der Waals surface area contributed by atoms with Crippen LogP contribution in [0.5, 0.6) is 0 Å². The number of nitrogens with zero attached hydrogens (tertiary/aromatic N) is 2. The van der Waals surface area contributed by atoms with Gasteiger partial charge < -0.3 is 19.3 Å². The highest BCUT2D eigenvalue weighted by Gasteiger charge is 2.42. The second-order valence-corrected chi connectivity index (χ2v) is 7.71. The fraction of sp³-hybridized carbons (Fsp3) is 0.600. The molecular formula is C20H26N2O4. The number of carbonyl (C=O) groups is 2. The number of benzene rings is 1. The predicted octanol–water partition coefficient (Wildman–Crippen LogP) is 2.01. The van der Waals surface area contributed by atoms with Gasteiger partial charge in [-0.1, -0.05) is 0 Å². The van der Waals surface area contributed by atoms with Crippen LogP contribution in [0.2, 0.25) is 0 Å². The predicted molar refractivity (Wildman–Crippen MR) is 97.4 cm³/mol. The summed E-state index contributed by atoms with van der Waals surface area (Å²) in [7, 11) is 1.79. The van der Waals surface area contributed by atoms with Crippen molar-refractivity contribution in [1.82, 2.24) is 4.90 Å². The molecule has 1 spiro atoms. The van der Waals surface area contributed by atoms with Gasteiger partial charge >= 0.3 is 0 Å². The van der Waals surface area contributed by atoms with Gasteiger partial charge in [0.05, 0.1) is 18.2 Å². The highest BCUT2D eigenvalue weighted by molar-refractivity contribution is 5.99. The van der Waals surface area contributed by atoms with E-state index in [1.54, 1.807) is 11.9 Å². The van der Waals surface area contributed by atoms with Gasteiger partial charge in [0.1, 0.15) is 0 Å². The van der Waals surface area contributed by atoms with Crippen molar-refractivity contribution in [2.24, 2.45) is 0 Å². The molecule has 2 fully saturated rings. The Morgan fingerprint density at radius 3 is 2.77 bits per heavy atom. The number of fused-ring (bicyclic) bond motifs is 1. The lowest BCUT2D eigenvalue weighted by Gasteiger charge is -2.47. The molecule has 2 amide bonds. The third-order valence-corrected chi connectivity index (χ3v) is 5.77. The maximum atomic E-state index is 13.2. The average molecular weight is 358 g/mol. The van der Waals surface area contributed by atoms with Crippen molar-refractivity contribution in [2.75, 3.05) is 38.3 Å². The Bertz CT molecular complexity index is 727. The fourth-order valence-corrected chi connectivity index (χ4v) is 4.37. The first-order chi connectivity index (χ1) is 12.5. The zero-order valence-corrected chi connectivity index (χ0v) is 15.5. The number of hydrogen-bond donors (Lipinski definition) is 0. The van der Waals surface area contributed by atoms with Gasteiger partial charge in [-0.3, -0.25) is 9.59 Å². The summed E-state index contributed by atoms with van der Waals surface area (Å²) >= 11 is 0. The Kier molecular flexibility index (Phi) is 4.49. The van der Waals surface area contributed by atoms with Crippen LogP contribution >= 0.6 is 0 Å². The number of morpholine rings is 1. The first kappa shape index (κ1) is 17.5. The standard InChI is InChI=1S/C20H26N2O4/c1-14-12-22(13-20(26-14)7-9-25-10-8-20)19(24)16-3-5-17-15(11-16)4-6-18(23)21(17)2/h3,5,11,14H,4,6-10,12-13H2,1-2H3. The van der Waals surface area contributed by atoms with Crippen molar-refractivity contribution >= 4 is 17.5 Å². The second-order valence-electron chi connectivity index (χ2n) is 7.71. The molecule has 4 rings (SSSR count). The first-order valence-corrected chi connectivity index (χ1v) is 9.42. The molecule has 0 bridgehead atoms. The summed E-state index contributed by atoms with van der Waals surface area (Å²) in [6, 6.07) is 5.69. The van der Waals surface area contributed by atoms with Gasteiger partial charge in [-0.2, -0.15) is 0 Å². The molecule has 3 aliphatic heterocycles. The van der Waals surface area contributed by atoms with Crippen LogP contribution < -0.4 is 4.90 Å².